The number of carboxylic acids is 1. The normalized spacial score (nSPS) is 20.3. The summed E-state index contributed by atoms with van der Waals surface area (Å²) < 4.78 is 1.25. The van der Waals surface area contributed by atoms with Gasteiger partial charge in [0, 0.05) is 15.2 Å². The van der Waals surface area contributed by atoms with Gasteiger partial charge in [-0.15, -0.1) is 16.9 Å². The fourth-order valence-electron chi connectivity index (χ4n) is 4.41. The van der Waals surface area contributed by atoms with E-state index in [0.717, 1.165) is 22.4 Å². The van der Waals surface area contributed by atoms with Crippen molar-refractivity contribution in [2.75, 3.05) is 0 Å². The van der Waals surface area contributed by atoms with E-state index in [4.69, 9.17) is 11.6 Å². The first-order valence-corrected chi connectivity index (χ1v) is 11.8. The number of aromatic nitrogens is 5. The third-order valence-corrected chi connectivity index (χ3v) is 7.69. The summed E-state index contributed by atoms with van der Waals surface area (Å²) in [5.74, 6) is -1.64. The van der Waals surface area contributed by atoms with Crippen molar-refractivity contribution in [1.82, 2.24) is 25.0 Å². The quantitative estimate of drug-likeness (QED) is 0.426. The molecule has 2 aromatic heterocycles. The highest BCUT2D eigenvalue weighted by atomic mass is 35.5. The monoisotopic (exact) mass is 481 g/mol. The summed E-state index contributed by atoms with van der Waals surface area (Å²) in [6.07, 6.45) is 2.85. The van der Waals surface area contributed by atoms with Crippen molar-refractivity contribution in [3.63, 3.8) is 0 Å². The molecule has 168 valence electrons. The van der Waals surface area contributed by atoms with E-state index >= 15 is 0 Å². The standard InChI is InChI=1S/C23H20ClN5O3S/c24-16-6-1-13(2-7-16)14-3-8-17(9-4-14)33-18-10-5-15(19(18)23(31)32)11-29-22(30)20-21(27-28-29)26-12-25-20/h1-4,6-9,12,15,18-19H,5,10-11H2,(H,25,26)(H,31,32)/t15-,18-,19-/m0/s1. The third-order valence-electron chi connectivity index (χ3n) is 6.06. The van der Waals surface area contributed by atoms with Gasteiger partial charge in [0.2, 0.25) is 5.65 Å². The second-order valence-corrected chi connectivity index (χ2v) is 9.82. The van der Waals surface area contributed by atoms with Gasteiger partial charge < -0.3 is 10.1 Å². The average molecular weight is 482 g/mol. The van der Waals surface area contributed by atoms with Crippen LogP contribution in [0.2, 0.25) is 5.02 Å². The van der Waals surface area contributed by atoms with Gasteiger partial charge in [0.05, 0.1) is 18.8 Å². The summed E-state index contributed by atoms with van der Waals surface area (Å²) in [4.78, 5) is 32.5. The summed E-state index contributed by atoms with van der Waals surface area (Å²) in [5, 5.41) is 18.5. The molecule has 8 nitrogen and oxygen atoms in total. The molecule has 4 aromatic rings. The Morgan fingerprint density at radius 1 is 1.12 bits per heavy atom. The summed E-state index contributed by atoms with van der Waals surface area (Å²) in [6, 6.07) is 15.7. The Morgan fingerprint density at radius 2 is 1.82 bits per heavy atom. The van der Waals surface area contributed by atoms with Crippen molar-refractivity contribution in [3.8, 4) is 11.1 Å². The van der Waals surface area contributed by atoms with Crippen molar-refractivity contribution in [2.24, 2.45) is 11.8 Å². The zero-order chi connectivity index (χ0) is 22.9. The molecule has 0 saturated heterocycles. The lowest BCUT2D eigenvalue weighted by molar-refractivity contribution is -0.142. The van der Waals surface area contributed by atoms with E-state index in [1.54, 1.807) is 11.8 Å². The van der Waals surface area contributed by atoms with Crippen LogP contribution in [0, 0.1) is 11.8 Å². The van der Waals surface area contributed by atoms with Crippen molar-refractivity contribution in [1.29, 1.82) is 0 Å². The highest BCUT2D eigenvalue weighted by Gasteiger charge is 2.42. The maximum atomic E-state index is 12.6. The first-order valence-electron chi connectivity index (χ1n) is 10.5. The van der Waals surface area contributed by atoms with Crippen molar-refractivity contribution in [2.45, 2.75) is 29.5 Å². The van der Waals surface area contributed by atoms with E-state index in [0.29, 0.717) is 11.4 Å². The van der Waals surface area contributed by atoms with E-state index in [9.17, 15) is 14.7 Å². The van der Waals surface area contributed by atoms with Crippen LogP contribution in [-0.4, -0.2) is 41.3 Å². The molecule has 0 unspecified atom stereocenters. The number of benzene rings is 2. The maximum Gasteiger partial charge on any atom is 0.307 e. The number of rotatable bonds is 6. The third kappa shape index (κ3) is 4.38. The van der Waals surface area contributed by atoms with Gasteiger partial charge in [0.25, 0.3) is 5.56 Å². The van der Waals surface area contributed by atoms with Crippen LogP contribution in [-0.2, 0) is 11.3 Å². The number of imidazole rings is 1. The molecular formula is C23H20ClN5O3S. The fourth-order valence-corrected chi connectivity index (χ4v) is 5.92. The van der Waals surface area contributed by atoms with Crippen molar-refractivity contribution < 1.29 is 9.90 Å². The topological polar surface area (TPSA) is 114 Å². The van der Waals surface area contributed by atoms with E-state index in [2.05, 4.69) is 20.3 Å². The van der Waals surface area contributed by atoms with Crippen LogP contribution in [0.3, 0.4) is 0 Å². The van der Waals surface area contributed by atoms with Gasteiger partial charge in [0.1, 0.15) is 0 Å². The SMILES string of the molecule is O=C(O)[C@H]1[C@H](Cn2nnc3nc[nH]c3c2=O)CC[C@@H]1Sc1ccc(-c2ccc(Cl)cc2)cc1. The molecule has 2 N–H and O–H groups in total. The first-order chi connectivity index (χ1) is 16.0. The molecule has 10 heteroatoms. The molecule has 2 heterocycles. The van der Waals surface area contributed by atoms with Crippen LogP contribution < -0.4 is 5.56 Å². The predicted octanol–water partition coefficient (Wildman–Crippen LogP) is 4.11. The van der Waals surface area contributed by atoms with Crippen LogP contribution in [0.15, 0.2) is 64.5 Å². The minimum absolute atomic E-state index is 0.0894. The zero-order valence-electron chi connectivity index (χ0n) is 17.4. The maximum absolute atomic E-state index is 12.6. The lowest BCUT2D eigenvalue weighted by Gasteiger charge is -2.21. The largest absolute Gasteiger partial charge is 0.481 e. The van der Waals surface area contributed by atoms with Crippen molar-refractivity contribution >= 4 is 40.5 Å². The number of halogens is 1. The zero-order valence-corrected chi connectivity index (χ0v) is 19.0. The van der Waals surface area contributed by atoms with Gasteiger partial charge in [-0.1, -0.05) is 41.1 Å². The van der Waals surface area contributed by atoms with Gasteiger partial charge in [-0.3, -0.25) is 9.59 Å². The molecule has 5 rings (SSSR count). The molecule has 3 atom stereocenters. The van der Waals surface area contributed by atoms with Gasteiger partial charge in [-0.2, -0.15) is 0 Å². The molecule has 1 fully saturated rings. The number of thioether (sulfide) groups is 1. The molecule has 2 aromatic carbocycles. The van der Waals surface area contributed by atoms with Crippen LogP contribution in [0.1, 0.15) is 12.8 Å². The average Bonchev–Trinajstić information content (AvgIpc) is 3.44. The smallest absolute Gasteiger partial charge is 0.307 e. The van der Waals surface area contributed by atoms with E-state index in [1.165, 1.54) is 11.0 Å². The summed E-state index contributed by atoms with van der Waals surface area (Å²) in [6.45, 7) is 0.213. The molecule has 1 saturated carbocycles. The number of fused-ring (bicyclic) bond motifs is 1. The number of hydrogen-bond donors (Lipinski definition) is 2. The highest BCUT2D eigenvalue weighted by Crippen LogP contribution is 2.43. The molecule has 0 bridgehead atoms. The number of nitrogens with one attached hydrogen (secondary N) is 1. The number of H-pyrrole nitrogens is 1. The lowest BCUT2D eigenvalue weighted by atomic mass is 9.96. The van der Waals surface area contributed by atoms with Crippen molar-refractivity contribution in [3.05, 3.63) is 70.2 Å². The highest BCUT2D eigenvalue weighted by molar-refractivity contribution is 8.00. The second-order valence-electron chi connectivity index (χ2n) is 8.07. The van der Waals surface area contributed by atoms with Gasteiger partial charge in [-0.25, -0.2) is 9.67 Å². The molecule has 0 aliphatic heterocycles. The Hall–Kier alpha value is -3.17. The Morgan fingerprint density at radius 3 is 2.52 bits per heavy atom. The van der Waals surface area contributed by atoms with Gasteiger partial charge in [-0.05, 0) is 54.2 Å². The molecule has 33 heavy (non-hydrogen) atoms. The Kier molecular flexibility index (Phi) is 5.90. The summed E-state index contributed by atoms with van der Waals surface area (Å²) >= 11 is 7.54. The predicted molar refractivity (Wildman–Crippen MR) is 126 cm³/mol. The molecule has 1 aliphatic rings. The number of nitrogens with zero attached hydrogens (tertiary/aromatic N) is 4. The van der Waals surface area contributed by atoms with Crippen LogP contribution in [0.5, 0.6) is 0 Å². The number of carbonyl (C=O) groups is 1. The minimum Gasteiger partial charge on any atom is -0.481 e. The first kappa shape index (κ1) is 21.7. The molecule has 1 aliphatic carbocycles. The number of aromatic amines is 1. The van der Waals surface area contributed by atoms with Gasteiger partial charge >= 0.3 is 5.97 Å². The van der Waals surface area contributed by atoms with Gasteiger partial charge in [0.15, 0.2) is 5.52 Å². The number of aliphatic carboxylic acids is 1. The number of hydrogen-bond acceptors (Lipinski definition) is 6. The van der Waals surface area contributed by atoms with E-state index in [1.807, 2.05) is 48.5 Å². The molecule has 0 amide bonds. The molecule has 0 radical (unpaired) electrons. The van der Waals surface area contributed by atoms with Crippen LogP contribution >= 0.6 is 23.4 Å². The Bertz CT molecular complexity index is 1350. The molecular weight excluding hydrogens is 462 g/mol. The summed E-state index contributed by atoms with van der Waals surface area (Å²) in [5.41, 5.74) is 2.34. The fraction of sp³-hybridized carbons (Fsp3) is 0.261. The van der Waals surface area contributed by atoms with E-state index < -0.39 is 11.9 Å². The Labute approximate surface area is 198 Å². The number of carboxylic acid groups (broad SMARTS) is 1. The molecule has 0 spiro atoms. The minimum atomic E-state index is -0.851. The lowest BCUT2D eigenvalue weighted by Crippen LogP contribution is -2.33. The Balaban J connectivity index is 1.31. The second kappa shape index (κ2) is 8.99. The summed E-state index contributed by atoms with van der Waals surface area (Å²) in [7, 11) is 0. The van der Waals surface area contributed by atoms with Crippen LogP contribution in [0.25, 0.3) is 22.3 Å². The van der Waals surface area contributed by atoms with Crippen LogP contribution in [0.4, 0.5) is 0 Å². The van der Waals surface area contributed by atoms with E-state index in [-0.39, 0.29) is 34.4 Å².